The van der Waals surface area contributed by atoms with E-state index in [-0.39, 0.29) is 5.91 Å². The maximum atomic E-state index is 12.4. The number of ether oxygens (including phenoxy) is 1. The predicted molar refractivity (Wildman–Crippen MR) is 78.9 cm³/mol. The second-order valence-corrected chi connectivity index (χ2v) is 4.92. The van der Waals surface area contributed by atoms with Crippen LogP contribution in [0.3, 0.4) is 0 Å². The zero-order valence-corrected chi connectivity index (χ0v) is 11.6. The van der Waals surface area contributed by atoms with E-state index in [2.05, 4.69) is 6.07 Å². The first kappa shape index (κ1) is 13.2. The van der Waals surface area contributed by atoms with Gasteiger partial charge in [0.05, 0.1) is 23.9 Å². The molecular weight excluding hydrogens is 264 g/mol. The summed E-state index contributed by atoms with van der Waals surface area (Å²) in [6, 6.07) is 16.9. The molecule has 1 unspecified atom stereocenters. The Kier molecular flexibility index (Phi) is 3.33. The lowest BCUT2D eigenvalue weighted by Crippen LogP contribution is -2.44. The summed E-state index contributed by atoms with van der Waals surface area (Å²) in [5, 5.41) is 9.18. The number of para-hydroxylation sites is 2. The highest BCUT2D eigenvalue weighted by Gasteiger charge is 2.31. The van der Waals surface area contributed by atoms with Gasteiger partial charge in [0.25, 0.3) is 5.91 Å². The fraction of sp³-hybridized carbons (Fsp3) is 0.176. The molecule has 1 aliphatic rings. The Morgan fingerprint density at radius 2 is 1.90 bits per heavy atom. The lowest BCUT2D eigenvalue weighted by Gasteiger charge is -2.33. The minimum absolute atomic E-state index is 0.0959. The van der Waals surface area contributed by atoms with Crippen molar-refractivity contribution in [1.82, 2.24) is 0 Å². The van der Waals surface area contributed by atoms with Crippen molar-refractivity contribution in [3.05, 3.63) is 59.7 Å². The average molecular weight is 278 g/mol. The largest absolute Gasteiger partial charge is 0.479 e. The van der Waals surface area contributed by atoms with E-state index in [1.165, 1.54) is 0 Å². The van der Waals surface area contributed by atoms with Crippen molar-refractivity contribution in [3.8, 4) is 11.8 Å². The van der Waals surface area contributed by atoms with Crippen LogP contribution in [0.2, 0.25) is 0 Å². The quantitative estimate of drug-likeness (QED) is 0.848. The summed E-state index contributed by atoms with van der Waals surface area (Å²) in [7, 11) is 0. The normalized spacial score (nSPS) is 16.9. The first-order valence-electron chi connectivity index (χ1n) is 6.76. The predicted octanol–water partition coefficient (Wildman–Crippen LogP) is 2.87. The standard InChI is InChI=1S/C17H14N2O2/c1-12-17(20)19(15-8-4-5-9-16(15)21-12)11-14-7-3-2-6-13(14)10-18/h2-9,12H,11H2,1H3. The number of hydrogen-bond donors (Lipinski definition) is 0. The van der Waals surface area contributed by atoms with Gasteiger partial charge in [-0.05, 0) is 30.7 Å². The number of amides is 1. The van der Waals surface area contributed by atoms with Crippen LogP contribution in [-0.4, -0.2) is 12.0 Å². The van der Waals surface area contributed by atoms with Crippen LogP contribution < -0.4 is 9.64 Å². The van der Waals surface area contributed by atoms with Gasteiger partial charge in [0.2, 0.25) is 0 Å². The summed E-state index contributed by atoms with van der Waals surface area (Å²) in [5.74, 6) is 0.598. The number of anilines is 1. The van der Waals surface area contributed by atoms with E-state index < -0.39 is 6.10 Å². The number of nitrogens with zero attached hydrogens (tertiary/aromatic N) is 2. The summed E-state index contributed by atoms with van der Waals surface area (Å²) in [4.78, 5) is 14.1. The molecular formula is C17H14N2O2. The second kappa shape index (κ2) is 5.29. The van der Waals surface area contributed by atoms with E-state index in [4.69, 9.17) is 4.74 Å². The Morgan fingerprint density at radius 1 is 1.19 bits per heavy atom. The highest BCUT2D eigenvalue weighted by atomic mass is 16.5. The van der Waals surface area contributed by atoms with Gasteiger partial charge in [-0.25, -0.2) is 0 Å². The Morgan fingerprint density at radius 3 is 2.71 bits per heavy atom. The lowest BCUT2D eigenvalue weighted by atomic mass is 10.1. The van der Waals surface area contributed by atoms with Crippen molar-refractivity contribution in [2.24, 2.45) is 0 Å². The minimum atomic E-state index is -0.519. The van der Waals surface area contributed by atoms with Crippen molar-refractivity contribution in [2.45, 2.75) is 19.6 Å². The number of hydrogen-bond acceptors (Lipinski definition) is 3. The number of benzene rings is 2. The fourth-order valence-corrected chi connectivity index (χ4v) is 2.46. The van der Waals surface area contributed by atoms with Gasteiger partial charge in [-0.3, -0.25) is 4.79 Å². The molecule has 1 amide bonds. The van der Waals surface area contributed by atoms with Crippen LogP contribution in [0.1, 0.15) is 18.1 Å². The molecule has 0 aliphatic carbocycles. The third kappa shape index (κ3) is 2.34. The number of carbonyl (C=O) groups excluding carboxylic acids is 1. The maximum Gasteiger partial charge on any atom is 0.268 e. The van der Waals surface area contributed by atoms with Gasteiger partial charge in [-0.1, -0.05) is 30.3 Å². The Balaban J connectivity index is 2.01. The molecule has 3 rings (SSSR count). The SMILES string of the molecule is CC1Oc2ccccc2N(Cc2ccccc2C#N)C1=O. The van der Waals surface area contributed by atoms with Crippen LogP contribution in [0.15, 0.2) is 48.5 Å². The molecule has 0 aromatic heterocycles. The zero-order chi connectivity index (χ0) is 14.8. The fourth-order valence-electron chi connectivity index (χ4n) is 2.46. The molecule has 1 aliphatic heterocycles. The van der Waals surface area contributed by atoms with Crippen molar-refractivity contribution in [3.63, 3.8) is 0 Å². The molecule has 104 valence electrons. The lowest BCUT2D eigenvalue weighted by molar-refractivity contribution is -0.125. The van der Waals surface area contributed by atoms with Gasteiger partial charge in [0, 0.05) is 0 Å². The highest BCUT2D eigenvalue weighted by molar-refractivity contribution is 5.99. The molecule has 0 spiro atoms. The summed E-state index contributed by atoms with van der Waals surface area (Å²) in [5.41, 5.74) is 2.16. The smallest absolute Gasteiger partial charge is 0.268 e. The number of nitriles is 1. The second-order valence-electron chi connectivity index (χ2n) is 4.92. The first-order chi connectivity index (χ1) is 10.2. The van der Waals surface area contributed by atoms with Crippen molar-refractivity contribution in [2.75, 3.05) is 4.90 Å². The third-order valence-corrected chi connectivity index (χ3v) is 3.54. The Hall–Kier alpha value is -2.80. The first-order valence-corrected chi connectivity index (χ1v) is 6.76. The third-order valence-electron chi connectivity index (χ3n) is 3.54. The van der Waals surface area contributed by atoms with Crippen LogP contribution in [0.25, 0.3) is 0 Å². The monoisotopic (exact) mass is 278 g/mol. The van der Waals surface area contributed by atoms with E-state index in [9.17, 15) is 10.1 Å². The van der Waals surface area contributed by atoms with Crippen molar-refractivity contribution in [1.29, 1.82) is 5.26 Å². The molecule has 4 heteroatoms. The molecule has 2 aromatic carbocycles. The topological polar surface area (TPSA) is 53.3 Å². The van der Waals surface area contributed by atoms with E-state index in [1.807, 2.05) is 42.5 Å². The van der Waals surface area contributed by atoms with E-state index in [0.29, 0.717) is 17.9 Å². The molecule has 0 saturated heterocycles. The molecule has 4 nitrogen and oxygen atoms in total. The Labute approximate surface area is 123 Å². The summed E-state index contributed by atoms with van der Waals surface area (Å²) < 4.78 is 5.61. The van der Waals surface area contributed by atoms with Crippen LogP contribution in [0, 0.1) is 11.3 Å². The van der Waals surface area contributed by atoms with Gasteiger partial charge in [0.15, 0.2) is 6.10 Å². The van der Waals surface area contributed by atoms with Crippen LogP contribution in [0.4, 0.5) is 5.69 Å². The molecule has 0 radical (unpaired) electrons. The number of rotatable bonds is 2. The van der Waals surface area contributed by atoms with Crippen molar-refractivity contribution < 1.29 is 9.53 Å². The van der Waals surface area contributed by atoms with Crippen LogP contribution in [-0.2, 0) is 11.3 Å². The average Bonchev–Trinajstić information content (AvgIpc) is 2.52. The molecule has 0 N–H and O–H groups in total. The van der Waals surface area contributed by atoms with E-state index in [1.54, 1.807) is 17.9 Å². The van der Waals surface area contributed by atoms with Gasteiger partial charge in [-0.15, -0.1) is 0 Å². The van der Waals surface area contributed by atoms with Crippen LogP contribution >= 0.6 is 0 Å². The van der Waals surface area contributed by atoms with Crippen LogP contribution in [0.5, 0.6) is 5.75 Å². The van der Waals surface area contributed by atoms with Crippen molar-refractivity contribution >= 4 is 11.6 Å². The van der Waals surface area contributed by atoms with E-state index >= 15 is 0 Å². The van der Waals surface area contributed by atoms with E-state index in [0.717, 1.165) is 11.3 Å². The molecule has 0 fully saturated rings. The number of fused-ring (bicyclic) bond motifs is 1. The van der Waals surface area contributed by atoms with Gasteiger partial charge in [0.1, 0.15) is 5.75 Å². The summed E-state index contributed by atoms with van der Waals surface area (Å²) >= 11 is 0. The zero-order valence-electron chi connectivity index (χ0n) is 11.6. The molecule has 2 aromatic rings. The molecule has 21 heavy (non-hydrogen) atoms. The molecule has 1 atom stereocenters. The maximum absolute atomic E-state index is 12.4. The highest BCUT2D eigenvalue weighted by Crippen LogP contribution is 2.34. The summed E-state index contributed by atoms with van der Waals surface area (Å²) in [6.45, 7) is 2.11. The van der Waals surface area contributed by atoms with Gasteiger partial charge >= 0.3 is 0 Å². The number of carbonyl (C=O) groups is 1. The molecule has 0 saturated carbocycles. The Bertz CT molecular complexity index is 734. The molecule has 1 heterocycles. The minimum Gasteiger partial charge on any atom is -0.479 e. The van der Waals surface area contributed by atoms with Gasteiger partial charge < -0.3 is 9.64 Å². The molecule has 0 bridgehead atoms. The summed E-state index contributed by atoms with van der Waals surface area (Å²) in [6.07, 6.45) is -0.519. The van der Waals surface area contributed by atoms with Gasteiger partial charge in [-0.2, -0.15) is 5.26 Å².